The number of rotatable bonds is 4. The van der Waals surface area contributed by atoms with E-state index in [0.29, 0.717) is 16.8 Å². The number of hydrogen-bond donors (Lipinski definition) is 0. The van der Waals surface area contributed by atoms with Crippen molar-refractivity contribution < 1.29 is 9.13 Å². The first kappa shape index (κ1) is 16.3. The van der Waals surface area contributed by atoms with Gasteiger partial charge >= 0.3 is 5.56 Å². The third kappa shape index (κ3) is 3.32. The maximum Gasteiger partial charge on any atom is 0.300 e. The molecule has 0 spiro atoms. The van der Waals surface area contributed by atoms with E-state index in [0.717, 1.165) is 31.8 Å². The summed E-state index contributed by atoms with van der Waals surface area (Å²) in [5.41, 5.74) is 0.578. The van der Waals surface area contributed by atoms with E-state index >= 15 is 0 Å². The van der Waals surface area contributed by atoms with Gasteiger partial charge in [-0.05, 0) is 43.0 Å². The van der Waals surface area contributed by atoms with Crippen LogP contribution in [-0.2, 0) is 4.74 Å². The molecule has 0 atom stereocenters. The van der Waals surface area contributed by atoms with Gasteiger partial charge in [0.15, 0.2) is 5.16 Å². The lowest BCUT2D eigenvalue weighted by Gasteiger charge is -2.20. The quantitative estimate of drug-likeness (QED) is 0.669. The van der Waals surface area contributed by atoms with Gasteiger partial charge in [0.05, 0.1) is 0 Å². The van der Waals surface area contributed by atoms with Gasteiger partial charge in [0.25, 0.3) is 0 Å². The zero-order valence-electron chi connectivity index (χ0n) is 13.5. The van der Waals surface area contributed by atoms with E-state index in [-0.39, 0.29) is 17.0 Å². The van der Waals surface area contributed by atoms with Crippen LogP contribution in [0.25, 0.3) is 11.3 Å². The van der Waals surface area contributed by atoms with Gasteiger partial charge in [0.2, 0.25) is 5.65 Å². The summed E-state index contributed by atoms with van der Waals surface area (Å²) in [5.74, 6) is 1.20. The highest BCUT2D eigenvalue weighted by Gasteiger charge is 2.17. The Morgan fingerprint density at radius 1 is 1.16 bits per heavy atom. The molecule has 6 nitrogen and oxygen atoms in total. The number of hydrogen-bond acceptors (Lipinski definition) is 5. The molecule has 1 saturated heterocycles. The molecule has 3 heterocycles. The highest BCUT2D eigenvalue weighted by atomic mass is 32.2. The van der Waals surface area contributed by atoms with Gasteiger partial charge in [-0.1, -0.05) is 11.8 Å². The predicted octanol–water partition coefficient (Wildman–Crippen LogP) is 2.54. The SMILES string of the molecule is O=c1c2nnc(SCC3CCOCC3)n2ccn1-c1ccc(F)cc1. The molecule has 0 radical (unpaired) electrons. The van der Waals surface area contributed by atoms with Crippen LogP contribution in [0, 0.1) is 11.7 Å². The molecule has 1 fully saturated rings. The van der Waals surface area contributed by atoms with E-state index in [1.807, 2.05) is 0 Å². The molecule has 0 amide bonds. The molecular formula is C17H17FN4O2S. The Kier molecular flexibility index (Phi) is 4.54. The zero-order valence-corrected chi connectivity index (χ0v) is 14.3. The van der Waals surface area contributed by atoms with Gasteiger partial charge in [0, 0.05) is 37.0 Å². The molecule has 8 heteroatoms. The van der Waals surface area contributed by atoms with Crippen molar-refractivity contribution in [1.82, 2.24) is 19.2 Å². The molecule has 25 heavy (non-hydrogen) atoms. The van der Waals surface area contributed by atoms with Crippen LogP contribution < -0.4 is 5.56 Å². The summed E-state index contributed by atoms with van der Waals surface area (Å²) in [6.45, 7) is 1.63. The number of benzene rings is 1. The van der Waals surface area contributed by atoms with Crippen LogP contribution in [-0.4, -0.2) is 38.1 Å². The Morgan fingerprint density at radius 2 is 1.92 bits per heavy atom. The van der Waals surface area contributed by atoms with Crippen LogP contribution in [0.5, 0.6) is 0 Å². The number of nitrogens with zero attached hydrogens (tertiary/aromatic N) is 4. The molecular weight excluding hydrogens is 343 g/mol. The Bertz CT molecular complexity index is 932. The summed E-state index contributed by atoms with van der Waals surface area (Å²) in [6, 6.07) is 5.77. The van der Waals surface area contributed by atoms with Crippen LogP contribution >= 0.6 is 11.8 Å². The number of ether oxygens (including phenoxy) is 1. The largest absolute Gasteiger partial charge is 0.381 e. The van der Waals surface area contributed by atoms with Crippen molar-refractivity contribution >= 4 is 17.4 Å². The summed E-state index contributed by atoms with van der Waals surface area (Å²) in [7, 11) is 0. The lowest BCUT2D eigenvalue weighted by Crippen LogP contribution is -2.20. The molecule has 0 bridgehead atoms. The summed E-state index contributed by atoms with van der Waals surface area (Å²) in [6.07, 6.45) is 5.54. The van der Waals surface area contributed by atoms with Crippen molar-refractivity contribution in [2.75, 3.05) is 19.0 Å². The normalized spacial score (nSPS) is 15.7. The molecule has 1 aromatic carbocycles. The fraction of sp³-hybridized carbons (Fsp3) is 0.353. The topological polar surface area (TPSA) is 61.4 Å². The Labute approximate surface area is 147 Å². The van der Waals surface area contributed by atoms with Crippen LogP contribution in [0.15, 0.2) is 46.6 Å². The van der Waals surface area contributed by atoms with Crippen molar-refractivity contribution in [3.05, 3.63) is 52.8 Å². The first-order valence-electron chi connectivity index (χ1n) is 8.15. The van der Waals surface area contributed by atoms with E-state index in [1.54, 1.807) is 40.7 Å². The minimum Gasteiger partial charge on any atom is -0.381 e. The van der Waals surface area contributed by atoms with Gasteiger partial charge in [0.1, 0.15) is 5.82 Å². The average Bonchev–Trinajstić information content (AvgIpc) is 3.06. The van der Waals surface area contributed by atoms with E-state index in [1.165, 1.54) is 16.7 Å². The molecule has 0 aliphatic carbocycles. The van der Waals surface area contributed by atoms with Crippen LogP contribution in [0.4, 0.5) is 4.39 Å². The molecule has 130 valence electrons. The minimum absolute atomic E-state index is 0.265. The van der Waals surface area contributed by atoms with Gasteiger partial charge in [-0.2, -0.15) is 0 Å². The third-order valence-corrected chi connectivity index (χ3v) is 5.51. The molecule has 4 rings (SSSR count). The number of halogens is 1. The smallest absolute Gasteiger partial charge is 0.300 e. The molecule has 0 unspecified atom stereocenters. The maximum atomic E-state index is 13.1. The number of thioether (sulfide) groups is 1. The highest BCUT2D eigenvalue weighted by Crippen LogP contribution is 2.24. The lowest BCUT2D eigenvalue weighted by atomic mass is 10.0. The first-order valence-corrected chi connectivity index (χ1v) is 9.14. The molecule has 2 aromatic heterocycles. The zero-order chi connectivity index (χ0) is 17.2. The van der Waals surface area contributed by atoms with Crippen LogP contribution in [0.3, 0.4) is 0 Å². The molecule has 0 N–H and O–H groups in total. The monoisotopic (exact) mass is 360 g/mol. The fourth-order valence-electron chi connectivity index (χ4n) is 2.87. The van der Waals surface area contributed by atoms with Crippen molar-refractivity contribution in [2.45, 2.75) is 18.0 Å². The lowest BCUT2D eigenvalue weighted by molar-refractivity contribution is 0.0728. The standard InChI is InChI=1S/C17H17FN4O2S/c18-13-1-3-14(4-2-13)21-7-8-22-15(16(21)23)19-20-17(22)25-11-12-5-9-24-10-6-12/h1-4,7-8,12H,5-6,9-11H2. The van der Waals surface area contributed by atoms with E-state index < -0.39 is 0 Å². The van der Waals surface area contributed by atoms with Gasteiger partial charge in [-0.15, -0.1) is 10.2 Å². The van der Waals surface area contributed by atoms with Crippen molar-refractivity contribution in [3.8, 4) is 5.69 Å². The minimum atomic E-state index is -0.341. The number of fused-ring (bicyclic) bond motifs is 1. The molecule has 1 aliphatic rings. The molecule has 1 aliphatic heterocycles. The predicted molar refractivity (Wildman–Crippen MR) is 92.8 cm³/mol. The second-order valence-corrected chi connectivity index (χ2v) is 6.98. The van der Waals surface area contributed by atoms with Gasteiger partial charge in [-0.3, -0.25) is 13.8 Å². The molecule has 3 aromatic rings. The summed E-state index contributed by atoms with van der Waals surface area (Å²) in [4.78, 5) is 12.7. The van der Waals surface area contributed by atoms with E-state index in [9.17, 15) is 9.18 Å². The fourth-order valence-corrected chi connectivity index (χ4v) is 3.98. The van der Waals surface area contributed by atoms with Crippen molar-refractivity contribution in [1.29, 1.82) is 0 Å². The first-order chi connectivity index (χ1) is 12.2. The van der Waals surface area contributed by atoms with Gasteiger partial charge in [-0.25, -0.2) is 4.39 Å². The number of aromatic nitrogens is 4. The second kappa shape index (κ2) is 6.97. The average molecular weight is 360 g/mol. The van der Waals surface area contributed by atoms with Crippen LogP contribution in [0.1, 0.15) is 12.8 Å². The highest BCUT2D eigenvalue weighted by molar-refractivity contribution is 7.99. The van der Waals surface area contributed by atoms with Crippen molar-refractivity contribution in [2.24, 2.45) is 5.92 Å². The Hall–Kier alpha value is -2.19. The van der Waals surface area contributed by atoms with Gasteiger partial charge < -0.3 is 4.74 Å². The maximum absolute atomic E-state index is 13.1. The van der Waals surface area contributed by atoms with E-state index in [4.69, 9.17) is 4.74 Å². The Balaban J connectivity index is 1.60. The third-order valence-electron chi connectivity index (χ3n) is 4.33. The summed E-state index contributed by atoms with van der Waals surface area (Å²) >= 11 is 1.61. The second-order valence-electron chi connectivity index (χ2n) is 5.99. The summed E-state index contributed by atoms with van der Waals surface area (Å²) < 4.78 is 21.6. The summed E-state index contributed by atoms with van der Waals surface area (Å²) in [5, 5.41) is 8.92. The molecule has 0 saturated carbocycles. The van der Waals surface area contributed by atoms with Crippen LogP contribution in [0.2, 0.25) is 0 Å². The Morgan fingerprint density at radius 3 is 2.68 bits per heavy atom. The van der Waals surface area contributed by atoms with E-state index in [2.05, 4.69) is 10.2 Å². The van der Waals surface area contributed by atoms with Crippen molar-refractivity contribution in [3.63, 3.8) is 0 Å².